The molecule has 0 aromatic carbocycles. The van der Waals surface area contributed by atoms with Crippen molar-refractivity contribution in [3.63, 3.8) is 0 Å². The minimum absolute atomic E-state index is 0.361. The summed E-state index contributed by atoms with van der Waals surface area (Å²) in [6.07, 6.45) is 8.60. The lowest BCUT2D eigenvalue weighted by Gasteiger charge is -2.16. The van der Waals surface area contributed by atoms with E-state index < -0.39 is 0 Å². The van der Waals surface area contributed by atoms with Gasteiger partial charge in [0, 0.05) is 49.4 Å². The number of likely N-dealkylation sites (tertiary alicyclic amines) is 1. The van der Waals surface area contributed by atoms with Gasteiger partial charge in [-0.3, -0.25) is 14.9 Å². The molecule has 1 aliphatic rings. The van der Waals surface area contributed by atoms with Crippen LogP contribution in [0, 0.1) is 0 Å². The number of nitrogens with zero attached hydrogens (tertiary/aromatic N) is 5. The van der Waals surface area contributed by atoms with Gasteiger partial charge in [-0.05, 0) is 54.8 Å². The minimum Gasteiger partial charge on any atom is -0.297 e. The predicted molar refractivity (Wildman–Crippen MR) is 106 cm³/mol. The first-order chi connectivity index (χ1) is 13.2. The van der Waals surface area contributed by atoms with E-state index >= 15 is 0 Å². The highest BCUT2D eigenvalue weighted by Gasteiger charge is 2.24. The fourth-order valence-corrected chi connectivity index (χ4v) is 3.64. The standard InChI is InChI=1S/C22H25N5/c1-16(2)22-25-11-6-20(26-22)15-27-12-7-19(14-27)18-5-10-24-21(13-18)17-3-8-23-9-4-17/h3-6,8-11,13,16,19H,7,12,14-15H2,1-2H3/t19-/m0/s1. The van der Waals surface area contributed by atoms with E-state index in [0.29, 0.717) is 11.8 Å². The average Bonchev–Trinajstić information content (AvgIpc) is 3.17. The van der Waals surface area contributed by atoms with Crippen LogP contribution in [0.5, 0.6) is 0 Å². The molecule has 0 amide bonds. The molecule has 0 bridgehead atoms. The van der Waals surface area contributed by atoms with Crippen LogP contribution in [-0.4, -0.2) is 37.9 Å². The third-order valence-corrected chi connectivity index (χ3v) is 5.14. The number of aromatic nitrogens is 4. The summed E-state index contributed by atoms with van der Waals surface area (Å²) >= 11 is 0. The van der Waals surface area contributed by atoms with Crippen LogP contribution >= 0.6 is 0 Å². The van der Waals surface area contributed by atoms with Gasteiger partial charge in [-0.1, -0.05) is 13.8 Å². The molecule has 4 heterocycles. The molecule has 0 radical (unpaired) electrons. The van der Waals surface area contributed by atoms with Crippen LogP contribution in [0.25, 0.3) is 11.3 Å². The van der Waals surface area contributed by atoms with E-state index in [1.165, 1.54) is 12.0 Å². The molecule has 0 spiro atoms. The van der Waals surface area contributed by atoms with Gasteiger partial charge in [0.05, 0.1) is 11.4 Å². The van der Waals surface area contributed by atoms with E-state index in [1.54, 1.807) is 0 Å². The molecule has 1 fully saturated rings. The zero-order valence-electron chi connectivity index (χ0n) is 15.9. The maximum absolute atomic E-state index is 4.72. The molecule has 1 atom stereocenters. The van der Waals surface area contributed by atoms with Gasteiger partial charge in [0.1, 0.15) is 5.82 Å². The summed E-state index contributed by atoms with van der Waals surface area (Å²) in [5.74, 6) is 1.83. The van der Waals surface area contributed by atoms with Crippen molar-refractivity contribution in [3.05, 3.63) is 72.2 Å². The van der Waals surface area contributed by atoms with E-state index in [4.69, 9.17) is 4.98 Å². The second kappa shape index (κ2) is 7.92. The lowest BCUT2D eigenvalue weighted by molar-refractivity contribution is 0.322. The normalized spacial score (nSPS) is 17.5. The maximum atomic E-state index is 4.72. The van der Waals surface area contributed by atoms with Crippen LogP contribution < -0.4 is 0 Å². The van der Waals surface area contributed by atoms with E-state index in [2.05, 4.69) is 45.8 Å². The zero-order chi connectivity index (χ0) is 18.6. The first kappa shape index (κ1) is 17.7. The molecular weight excluding hydrogens is 334 g/mol. The summed E-state index contributed by atoms with van der Waals surface area (Å²) < 4.78 is 0. The van der Waals surface area contributed by atoms with Gasteiger partial charge in [0.15, 0.2) is 0 Å². The summed E-state index contributed by atoms with van der Waals surface area (Å²) in [7, 11) is 0. The Morgan fingerprint density at radius 1 is 1.04 bits per heavy atom. The van der Waals surface area contributed by atoms with Crippen molar-refractivity contribution in [1.82, 2.24) is 24.8 Å². The van der Waals surface area contributed by atoms with Gasteiger partial charge in [-0.15, -0.1) is 0 Å². The molecule has 0 N–H and O–H groups in total. The molecular formula is C22H25N5. The Labute approximate surface area is 160 Å². The molecule has 1 aliphatic heterocycles. The minimum atomic E-state index is 0.361. The van der Waals surface area contributed by atoms with E-state index in [0.717, 1.165) is 42.4 Å². The number of hydrogen-bond donors (Lipinski definition) is 0. The Morgan fingerprint density at radius 2 is 1.85 bits per heavy atom. The van der Waals surface area contributed by atoms with Gasteiger partial charge >= 0.3 is 0 Å². The second-order valence-electron chi connectivity index (χ2n) is 7.49. The van der Waals surface area contributed by atoms with Gasteiger partial charge < -0.3 is 0 Å². The van der Waals surface area contributed by atoms with Gasteiger partial charge in [0.2, 0.25) is 0 Å². The van der Waals surface area contributed by atoms with Crippen LogP contribution in [-0.2, 0) is 6.54 Å². The highest BCUT2D eigenvalue weighted by atomic mass is 15.2. The fraction of sp³-hybridized carbons (Fsp3) is 0.364. The Hall–Kier alpha value is -2.66. The predicted octanol–water partition coefficient (Wildman–Crippen LogP) is 4.05. The maximum Gasteiger partial charge on any atom is 0.131 e. The number of rotatable bonds is 5. The highest BCUT2D eigenvalue weighted by Crippen LogP contribution is 2.30. The quantitative estimate of drug-likeness (QED) is 0.688. The van der Waals surface area contributed by atoms with Crippen LogP contribution in [0.15, 0.2) is 55.1 Å². The highest BCUT2D eigenvalue weighted by molar-refractivity contribution is 5.59. The van der Waals surface area contributed by atoms with E-state index in [-0.39, 0.29) is 0 Å². The average molecular weight is 359 g/mol. The molecule has 5 heteroatoms. The summed E-state index contributed by atoms with van der Waals surface area (Å²) in [5, 5.41) is 0. The first-order valence-electron chi connectivity index (χ1n) is 9.59. The Morgan fingerprint density at radius 3 is 2.67 bits per heavy atom. The third-order valence-electron chi connectivity index (χ3n) is 5.14. The van der Waals surface area contributed by atoms with Crippen molar-refractivity contribution >= 4 is 0 Å². The summed E-state index contributed by atoms with van der Waals surface area (Å²) in [6.45, 7) is 7.31. The Balaban J connectivity index is 1.45. The number of hydrogen-bond acceptors (Lipinski definition) is 5. The van der Waals surface area contributed by atoms with Gasteiger partial charge in [-0.25, -0.2) is 9.97 Å². The molecule has 5 nitrogen and oxygen atoms in total. The second-order valence-corrected chi connectivity index (χ2v) is 7.49. The Kier molecular flexibility index (Phi) is 5.21. The summed E-state index contributed by atoms with van der Waals surface area (Å²) in [6, 6.07) is 10.4. The lowest BCUT2D eigenvalue weighted by Crippen LogP contribution is -2.21. The van der Waals surface area contributed by atoms with Crippen LogP contribution in [0.4, 0.5) is 0 Å². The van der Waals surface area contributed by atoms with Crippen molar-refractivity contribution in [2.45, 2.75) is 38.6 Å². The van der Waals surface area contributed by atoms with Crippen LogP contribution in [0.2, 0.25) is 0 Å². The van der Waals surface area contributed by atoms with Gasteiger partial charge in [-0.2, -0.15) is 0 Å². The van der Waals surface area contributed by atoms with Crippen molar-refractivity contribution < 1.29 is 0 Å². The van der Waals surface area contributed by atoms with Crippen LogP contribution in [0.3, 0.4) is 0 Å². The molecule has 27 heavy (non-hydrogen) atoms. The van der Waals surface area contributed by atoms with E-state index in [1.807, 2.05) is 43.0 Å². The molecule has 0 unspecified atom stereocenters. The molecule has 3 aromatic heterocycles. The molecule has 0 saturated carbocycles. The molecule has 3 aromatic rings. The third kappa shape index (κ3) is 4.19. The smallest absolute Gasteiger partial charge is 0.131 e. The summed E-state index contributed by atoms with van der Waals surface area (Å²) in [4.78, 5) is 20.2. The topological polar surface area (TPSA) is 54.8 Å². The largest absolute Gasteiger partial charge is 0.297 e. The SMILES string of the molecule is CC(C)c1nccc(CN2CC[C@H](c3ccnc(-c4ccncc4)c3)C2)n1. The molecule has 1 saturated heterocycles. The zero-order valence-corrected chi connectivity index (χ0v) is 15.9. The fourth-order valence-electron chi connectivity index (χ4n) is 3.64. The lowest BCUT2D eigenvalue weighted by atomic mass is 9.98. The monoisotopic (exact) mass is 359 g/mol. The first-order valence-corrected chi connectivity index (χ1v) is 9.59. The van der Waals surface area contributed by atoms with E-state index in [9.17, 15) is 0 Å². The number of pyridine rings is 2. The molecule has 4 rings (SSSR count). The summed E-state index contributed by atoms with van der Waals surface area (Å²) in [5.41, 5.74) is 4.61. The van der Waals surface area contributed by atoms with Crippen molar-refractivity contribution in [2.24, 2.45) is 0 Å². The van der Waals surface area contributed by atoms with Crippen molar-refractivity contribution in [2.75, 3.05) is 13.1 Å². The van der Waals surface area contributed by atoms with Crippen molar-refractivity contribution in [3.8, 4) is 11.3 Å². The Bertz CT molecular complexity index is 894. The molecule has 138 valence electrons. The molecule has 0 aliphatic carbocycles. The van der Waals surface area contributed by atoms with Crippen LogP contribution in [0.1, 0.15) is 49.2 Å². The van der Waals surface area contributed by atoms with Gasteiger partial charge in [0.25, 0.3) is 0 Å². The van der Waals surface area contributed by atoms with Crippen molar-refractivity contribution in [1.29, 1.82) is 0 Å².